The molecule has 1 aliphatic rings. The summed E-state index contributed by atoms with van der Waals surface area (Å²) in [6.07, 6.45) is 4.75. The molecule has 1 fully saturated rings. The molecule has 0 saturated heterocycles. The maximum absolute atomic E-state index is 13.7. The zero-order chi connectivity index (χ0) is 13.9. The molecular weight excluding hydrogens is 241 g/mol. The van der Waals surface area contributed by atoms with Crippen LogP contribution in [0, 0.1) is 28.5 Å². The maximum Gasteiger partial charge on any atom is 0.165 e. The summed E-state index contributed by atoms with van der Waals surface area (Å²) in [5.41, 5.74) is 0.563. The second-order valence-corrected chi connectivity index (χ2v) is 5.74. The second-order valence-electron chi connectivity index (χ2n) is 5.74. The molecule has 1 aliphatic carbocycles. The zero-order valence-electron chi connectivity index (χ0n) is 11.6. The van der Waals surface area contributed by atoms with Gasteiger partial charge in [-0.1, -0.05) is 25.8 Å². The van der Waals surface area contributed by atoms with Crippen LogP contribution in [0.15, 0.2) is 18.2 Å². The first kappa shape index (κ1) is 13.9. The van der Waals surface area contributed by atoms with Crippen LogP contribution in [0.1, 0.15) is 38.2 Å². The van der Waals surface area contributed by atoms with E-state index >= 15 is 0 Å². The lowest BCUT2D eigenvalue weighted by Gasteiger charge is -2.34. The van der Waals surface area contributed by atoms with Crippen LogP contribution in [0.4, 0.5) is 4.39 Å². The van der Waals surface area contributed by atoms with Crippen LogP contribution in [0.25, 0.3) is 0 Å². The molecule has 2 nitrogen and oxygen atoms in total. The van der Waals surface area contributed by atoms with Gasteiger partial charge in [-0.25, -0.2) is 4.39 Å². The quantitative estimate of drug-likeness (QED) is 0.820. The van der Waals surface area contributed by atoms with Gasteiger partial charge in [0.25, 0.3) is 0 Å². The molecule has 0 aliphatic heterocycles. The Kier molecular flexibility index (Phi) is 4.09. The van der Waals surface area contributed by atoms with Crippen molar-refractivity contribution in [3.05, 3.63) is 29.6 Å². The first-order valence-corrected chi connectivity index (χ1v) is 6.82. The Morgan fingerprint density at radius 1 is 1.53 bits per heavy atom. The minimum Gasteiger partial charge on any atom is -0.494 e. The molecular formula is C16H20FNO. The average Bonchev–Trinajstić information content (AvgIpc) is 2.39. The van der Waals surface area contributed by atoms with Gasteiger partial charge in [0, 0.05) is 0 Å². The number of methoxy groups -OCH3 is 1. The highest BCUT2D eigenvalue weighted by Crippen LogP contribution is 2.41. The molecule has 1 saturated carbocycles. The molecule has 102 valence electrons. The Labute approximate surface area is 114 Å². The number of halogens is 1. The summed E-state index contributed by atoms with van der Waals surface area (Å²) in [5, 5.41) is 9.52. The van der Waals surface area contributed by atoms with Gasteiger partial charge in [0.2, 0.25) is 0 Å². The van der Waals surface area contributed by atoms with Crippen molar-refractivity contribution in [3.8, 4) is 11.8 Å². The van der Waals surface area contributed by atoms with E-state index in [1.165, 1.54) is 19.6 Å². The molecule has 0 N–H and O–H groups in total. The van der Waals surface area contributed by atoms with Crippen molar-refractivity contribution < 1.29 is 9.13 Å². The van der Waals surface area contributed by atoms with Gasteiger partial charge in [-0.3, -0.25) is 0 Å². The molecule has 2 rings (SSSR count). The Morgan fingerprint density at radius 3 is 2.89 bits per heavy atom. The van der Waals surface area contributed by atoms with E-state index in [2.05, 4.69) is 13.0 Å². The van der Waals surface area contributed by atoms with Gasteiger partial charge < -0.3 is 4.74 Å². The highest BCUT2D eigenvalue weighted by molar-refractivity contribution is 5.30. The predicted octanol–water partition coefficient (Wildman–Crippen LogP) is 4.10. The first-order chi connectivity index (χ1) is 9.08. The number of rotatable bonds is 3. The number of benzene rings is 1. The summed E-state index contributed by atoms with van der Waals surface area (Å²) < 4.78 is 18.6. The number of nitrogens with zero attached hydrogens (tertiary/aromatic N) is 1. The molecule has 3 heteroatoms. The fraction of sp³-hybridized carbons (Fsp3) is 0.562. The van der Waals surface area contributed by atoms with E-state index in [-0.39, 0.29) is 17.0 Å². The van der Waals surface area contributed by atoms with Gasteiger partial charge in [-0.05, 0) is 42.9 Å². The fourth-order valence-corrected chi connectivity index (χ4v) is 3.17. The summed E-state index contributed by atoms with van der Waals surface area (Å²) in [7, 11) is 1.46. The number of ether oxygens (including phenoxy) is 1. The third kappa shape index (κ3) is 3.07. The van der Waals surface area contributed by atoms with Crippen molar-refractivity contribution >= 4 is 0 Å². The lowest BCUT2D eigenvalue weighted by atomic mass is 9.68. The number of hydrogen-bond donors (Lipinski definition) is 0. The van der Waals surface area contributed by atoms with Crippen molar-refractivity contribution in [2.75, 3.05) is 7.11 Å². The topological polar surface area (TPSA) is 33.0 Å². The smallest absolute Gasteiger partial charge is 0.165 e. The first-order valence-electron chi connectivity index (χ1n) is 6.82. The van der Waals surface area contributed by atoms with E-state index < -0.39 is 0 Å². The number of hydrogen-bond acceptors (Lipinski definition) is 2. The molecule has 1 aromatic carbocycles. The van der Waals surface area contributed by atoms with Gasteiger partial charge in [-0.15, -0.1) is 0 Å². The standard InChI is InChI=1S/C16H20FNO/c1-12-4-3-7-16(9-12,11-18)10-13-5-6-15(19-2)14(17)8-13/h5-6,8,12H,3-4,7,9-10H2,1-2H3. The molecule has 0 amide bonds. The fourth-order valence-electron chi connectivity index (χ4n) is 3.17. The van der Waals surface area contributed by atoms with Crippen LogP contribution in [0.3, 0.4) is 0 Å². The summed E-state index contributed by atoms with van der Waals surface area (Å²) in [5.74, 6) is 0.486. The summed E-state index contributed by atoms with van der Waals surface area (Å²) in [4.78, 5) is 0. The minimum atomic E-state index is -0.350. The lowest BCUT2D eigenvalue weighted by Crippen LogP contribution is -2.28. The summed E-state index contributed by atoms with van der Waals surface area (Å²) in [6, 6.07) is 7.49. The van der Waals surface area contributed by atoms with Crippen LogP contribution < -0.4 is 4.74 Å². The van der Waals surface area contributed by atoms with Crippen LogP contribution in [0.5, 0.6) is 5.75 Å². The van der Waals surface area contributed by atoms with Crippen LogP contribution >= 0.6 is 0 Å². The number of nitriles is 1. The van der Waals surface area contributed by atoms with Gasteiger partial charge in [0.15, 0.2) is 11.6 Å². The third-order valence-corrected chi connectivity index (χ3v) is 4.09. The lowest BCUT2D eigenvalue weighted by molar-refractivity contribution is 0.209. The maximum atomic E-state index is 13.7. The molecule has 2 unspecified atom stereocenters. The van der Waals surface area contributed by atoms with Crippen molar-refractivity contribution in [2.45, 2.75) is 39.0 Å². The van der Waals surface area contributed by atoms with E-state index in [4.69, 9.17) is 4.74 Å². The van der Waals surface area contributed by atoms with Crippen molar-refractivity contribution in [2.24, 2.45) is 11.3 Å². The molecule has 2 atom stereocenters. The van der Waals surface area contributed by atoms with E-state index in [0.717, 1.165) is 24.8 Å². The minimum absolute atomic E-state index is 0.256. The van der Waals surface area contributed by atoms with Crippen molar-refractivity contribution in [3.63, 3.8) is 0 Å². The molecule has 0 heterocycles. The molecule has 1 aromatic rings. The molecule has 0 bridgehead atoms. The third-order valence-electron chi connectivity index (χ3n) is 4.09. The highest BCUT2D eigenvalue weighted by Gasteiger charge is 2.35. The normalized spacial score (nSPS) is 26.7. The van der Waals surface area contributed by atoms with Gasteiger partial charge in [0.1, 0.15) is 0 Å². The zero-order valence-corrected chi connectivity index (χ0v) is 11.6. The van der Waals surface area contributed by atoms with Crippen molar-refractivity contribution in [1.29, 1.82) is 5.26 Å². The van der Waals surface area contributed by atoms with Crippen LogP contribution in [-0.2, 0) is 6.42 Å². The van der Waals surface area contributed by atoms with Gasteiger partial charge in [0.05, 0.1) is 18.6 Å². The van der Waals surface area contributed by atoms with Crippen molar-refractivity contribution in [1.82, 2.24) is 0 Å². The average molecular weight is 261 g/mol. The highest BCUT2D eigenvalue weighted by atomic mass is 19.1. The van der Waals surface area contributed by atoms with E-state index in [1.54, 1.807) is 6.07 Å². The SMILES string of the molecule is COc1ccc(CC2(C#N)CCCC(C)C2)cc1F. The summed E-state index contributed by atoms with van der Waals surface area (Å²) >= 11 is 0. The van der Waals surface area contributed by atoms with E-state index in [9.17, 15) is 9.65 Å². The second kappa shape index (κ2) is 5.61. The molecule has 19 heavy (non-hydrogen) atoms. The Hall–Kier alpha value is -1.56. The van der Waals surface area contributed by atoms with Crippen LogP contribution in [0.2, 0.25) is 0 Å². The van der Waals surface area contributed by atoms with E-state index in [1.807, 2.05) is 6.07 Å². The largest absolute Gasteiger partial charge is 0.494 e. The van der Waals surface area contributed by atoms with E-state index in [0.29, 0.717) is 12.3 Å². The predicted molar refractivity (Wildman–Crippen MR) is 72.3 cm³/mol. The summed E-state index contributed by atoms with van der Waals surface area (Å²) in [6.45, 7) is 2.19. The van der Waals surface area contributed by atoms with Gasteiger partial charge >= 0.3 is 0 Å². The Bertz CT molecular complexity index is 494. The Balaban J connectivity index is 2.19. The Morgan fingerprint density at radius 2 is 2.32 bits per heavy atom. The molecule has 0 spiro atoms. The van der Waals surface area contributed by atoms with Gasteiger partial charge in [-0.2, -0.15) is 5.26 Å². The van der Waals surface area contributed by atoms with Crippen LogP contribution in [-0.4, -0.2) is 7.11 Å². The molecule has 0 aromatic heterocycles. The monoisotopic (exact) mass is 261 g/mol. The molecule has 0 radical (unpaired) electrons.